The molecule has 74 valence electrons. The molecule has 1 rings (SSSR count). The molecule has 3 heteroatoms. The maximum atomic E-state index is 10.5. The Morgan fingerprint density at radius 1 is 1.50 bits per heavy atom. The SMILES string of the molecule is C=Cc1ccc(CC(Cl)C(=O)O)cc1. The predicted octanol–water partition coefficient (Wildman–Crippen LogP) is 2.56. The highest BCUT2D eigenvalue weighted by atomic mass is 35.5. The van der Waals surface area contributed by atoms with Crippen LogP contribution in [-0.2, 0) is 11.2 Å². The summed E-state index contributed by atoms with van der Waals surface area (Å²) in [5, 5.41) is 7.74. The zero-order valence-corrected chi connectivity index (χ0v) is 8.37. The van der Waals surface area contributed by atoms with Gasteiger partial charge in [0.25, 0.3) is 0 Å². The van der Waals surface area contributed by atoms with Crippen molar-refractivity contribution in [2.75, 3.05) is 0 Å². The van der Waals surface area contributed by atoms with Gasteiger partial charge in [0.2, 0.25) is 0 Å². The number of halogens is 1. The molecule has 0 saturated carbocycles. The zero-order valence-electron chi connectivity index (χ0n) is 7.61. The second-order valence-electron chi connectivity index (χ2n) is 2.96. The van der Waals surface area contributed by atoms with Crippen LogP contribution < -0.4 is 0 Å². The van der Waals surface area contributed by atoms with E-state index in [0.29, 0.717) is 6.42 Å². The van der Waals surface area contributed by atoms with Gasteiger partial charge < -0.3 is 5.11 Å². The molecule has 1 aromatic rings. The summed E-state index contributed by atoms with van der Waals surface area (Å²) in [7, 11) is 0. The van der Waals surface area contributed by atoms with Crippen LogP contribution in [0.25, 0.3) is 6.08 Å². The number of rotatable bonds is 4. The first kappa shape index (κ1) is 10.8. The van der Waals surface area contributed by atoms with E-state index in [0.717, 1.165) is 11.1 Å². The Bertz CT molecular complexity index is 330. The molecule has 0 aromatic heterocycles. The molecule has 0 spiro atoms. The van der Waals surface area contributed by atoms with Crippen molar-refractivity contribution in [3.63, 3.8) is 0 Å². The summed E-state index contributed by atoms with van der Waals surface area (Å²) in [4.78, 5) is 10.5. The second kappa shape index (κ2) is 4.82. The molecule has 1 N–H and O–H groups in total. The molecule has 0 radical (unpaired) electrons. The summed E-state index contributed by atoms with van der Waals surface area (Å²) >= 11 is 5.60. The maximum Gasteiger partial charge on any atom is 0.321 e. The lowest BCUT2D eigenvalue weighted by atomic mass is 10.1. The number of hydrogen-bond acceptors (Lipinski definition) is 1. The van der Waals surface area contributed by atoms with Crippen molar-refractivity contribution in [2.24, 2.45) is 0 Å². The van der Waals surface area contributed by atoms with Crippen LogP contribution in [0.2, 0.25) is 0 Å². The van der Waals surface area contributed by atoms with E-state index >= 15 is 0 Å². The minimum Gasteiger partial charge on any atom is -0.480 e. The standard InChI is InChI=1S/C11H11ClO2/c1-2-8-3-5-9(6-4-8)7-10(12)11(13)14/h2-6,10H,1,7H2,(H,13,14). The minimum atomic E-state index is -0.987. The average molecular weight is 211 g/mol. The first-order valence-corrected chi connectivity index (χ1v) is 4.65. The van der Waals surface area contributed by atoms with Crippen molar-refractivity contribution in [3.05, 3.63) is 42.0 Å². The quantitative estimate of drug-likeness (QED) is 0.776. The average Bonchev–Trinajstić information content (AvgIpc) is 2.19. The number of aliphatic carboxylic acids is 1. The third kappa shape index (κ3) is 2.89. The topological polar surface area (TPSA) is 37.3 Å². The highest BCUT2D eigenvalue weighted by molar-refractivity contribution is 6.29. The highest BCUT2D eigenvalue weighted by Crippen LogP contribution is 2.10. The van der Waals surface area contributed by atoms with Crippen molar-refractivity contribution in [2.45, 2.75) is 11.8 Å². The third-order valence-corrected chi connectivity index (χ3v) is 2.24. The van der Waals surface area contributed by atoms with Gasteiger partial charge in [-0.15, -0.1) is 11.6 Å². The molecule has 0 fully saturated rings. The van der Waals surface area contributed by atoms with Gasteiger partial charge >= 0.3 is 5.97 Å². The fourth-order valence-electron chi connectivity index (χ4n) is 1.08. The van der Waals surface area contributed by atoms with Gasteiger partial charge in [-0.2, -0.15) is 0 Å². The third-order valence-electron chi connectivity index (χ3n) is 1.90. The summed E-state index contributed by atoms with van der Waals surface area (Å²) in [5.41, 5.74) is 1.92. The molecule has 0 aliphatic carbocycles. The highest BCUT2D eigenvalue weighted by Gasteiger charge is 2.13. The normalized spacial score (nSPS) is 12.1. The van der Waals surface area contributed by atoms with Gasteiger partial charge in [0, 0.05) is 0 Å². The Labute approximate surface area is 87.8 Å². The van der Waals surface area contributed by atoms with Crippen LogP contribution in [0.5, 0.6) is 0 Å². The van der Waals surface area contributed by atoms with E-state index in [1.807, 2.05) is 24.3 Å². The molecule has 0 amide bonds. The van der Waals surface area contributed by atoms with Crippen LogP contribution in [-0.4, -0.2) is 16.5 Å². The van der Waals surface area contributed by atoms with E-state index in [9.17, 15) is 4.79 Å². The van der Waals surface area contributed by atoms with Crippen molar-refractivity contribution < 1.29 is 9.90 Å². The zero-order chi connectivity index (χ0) is 10.6. The molecule has 0 aliphatic rings. The van der Waals surface area contributed by atoms with E-state index in [2.05, 4.69) is 6.58 Å². The maximum absolute atomic E-state index is 10.5. The molecule has 1 unspecified atom stereocenters. The molecule has 1 aromatic carbocycles. The summed E-state index contributed by atoms with van der Waals surface area (Å²) in [6.07, 6.45) is 2.08. The Morgan fingerprint density at radius 2 is 2.07 bits per heavy atom. The Balaban J connectivity index is 2.68. The number of carbonyl (C=O) groups is 1. The van der Waals surface area contributed by atoms with Crippen LogP contribution >= 0.6 is 11.6 Å². The lowest BCUT2D eigenvalue weighted by molar-refractivity contribution is -0.136. The number of carboxylic acid groups (broad SMARTS) is 1. The molecular formula is C11H11ClO2. The van der Waals surface area contributed by atoms with Gasteiger partial charge in [-0.3, -0.25) is 4.79 Å². The van der Waals surface area contributed by atoms with Crippen LogP contribution in [0, 0.1) is 0 Å². The molecule has 14 heavy (non-hydrogen) atoms. The molecule has 0 bridgehead atoms. The van der Waals surface area contributed by atoms with Gasteiger partial charge in [0.1, 0.15) is 5.38 Å². The van der Waals surface area contributed by atoms with Crippen LogP contribution in [0.15, 0.2) is 30.8 Å². The van der Waals surface area contributed by atoms with Crippen molar-refractivity contribution in [3.8, 4) is 0 Å². The van der Waals surface area contributed by atoms with Crippen molar-refractivity contribution >= 4 is 23.6 Å². The molecule has 0 saturated heterocycles. The van der Waals surface area contributed by atoms with Crippen LogP contribution in [0.3, 0.4) is 0 Å². The van der Waals surface area contributed by atoms with Gasteiger partial charge in [0.15, 0.2) is 0 Å². The lowest BCUT2D eigenvalue weighted by Crippen LogP contribution is -2.15. The Hall–Kier alpha value is -1.28. The molecule has 0 heterocycles. The van der Waals surface area contributed by atoms with E-state index in [1.54, 1.807) is 6.08 Å². The predicted molar refractivity (Wildman–Crippen MR) is 57.5 cm³/mol. The first-order valence-electron chi connectivity index (χ1n) is 4.21. The second-order valence-corrected chi connectivity index (χ2v) is 3.48. The van der Waals surface area contributed by atoms with Crippen molar-refractivity contribution in [1.82, 2.24) is 0 Å². The first-order chi connectivity index (χ1) is 6.63. The van der Waals surface area contributed by atoms with Crippen LogP contribution in [0.1, 0.15) is 11.1 Å². The van der Waals surface area contributed by atoms with Crippen molar-refractivity contribution in [1.29, 1.82) is 0 Å². The van der Waals surface area contributed by atoms with Gasteiger partial charge in [-0.25, -0.2) is 0 Å². The van der Waals surface area contributed by atoms with Gasteiger partial charge in [-0.1, -0.05) is 36.9 Å². The molecule has 2 nitrogen and oxygen atoms in total. The number of carboxylic acids is 1. The van der Waals surface area contributed by atoms with Gasteiger partial charge in [0.05, 0.1) is 0 Å². The monoisotopic (exact) mass is 210 g/mol. The Morgan fingerprint density at radius 3 is 2.50 bits per heavy atom. The van der Waals surface area contributed by atoms with E-state index < -0.39 is 11.3 Å². The van der Waals surface area contributed by atoms with E-state index in [1.165, 1.54) is 0 Å². The fraction of sp³-hybridized carbons (Fsp3) is 0.182. The Kier molecular flexibility index (Phi) is 3.72. The number of hydrogen-bond donors (Lipinski definition) is 1. The smallest absolute Gasteiger partial charge is 0.321 e. The fourth-order valence-corrected chi connectivity index (χ4v) is 1.26. The van der Waals surface area contributed by atoms with E-state index in [-0.39, 0.29) is 0 Å². The summed E-state index contributed by atoms with van der Waals surface area (Å²) in [6.45, 7) is 3.63. The molecule has 0 aliphatic heterocycles. The molecular weight excluding hydrogens is 200 g/mol. The van der Waals surface area contributed by atoms with Crippen LogP contribution in [0.4, 0.5) is 0 Å². The lowest BCUT2D eigenvalue weighted by Gasteiger charge is -2.04. The summed E-state index contributed by atoms with van der Waals surface area (Å²) < 4.78 is 0. The summed E-state index contributed by atoms with van der Waals surface area (Å²) in [6, 6.07) is 7.48. The van der Waals surface area contributed by atoms with E-state index in [4.69, 9.17) is 16.7 Å². The largest absolute Gasteiger partial charge is 0.480 e. The van der Waals surface area contributed by atoms with Gasteiger partial charge in [-0.05, 0) is 17.5 Å². The summed E-state index contributed by atoms with van der Waals surface area (Å²) in [5.74, 6) is -0.987. The number of benzene rings is 1. The molecule has 1 atom stereocenters. The minimum absolute atomic E-state index is 0.342. The number of alkyl halides is 1.